The molecule has 0 aliphatic carbocycles. The Labute approximate surface area is 491 Å². The number of aryl methyl sites for hydroxylation is 12. The molecule has 1 aromatic carbocycles. The molecule has 0 radical (unpaired) electrons. The lowest BCUT2D eigenvalue weighted by Gasteiger charge is -1.82. The van der Waals surface area contributed by atoms with Crippen LogP contribution in [0.1, 0.15) is 68.2 Å². The fraction of sp³-hybridized carbons (Fsp3) is 0.203. The van der Waals surface area contributed by atoms with Crippen molar-refractivity contribution in [3.8, 4) is 0 Å². The van der Waals surface area contributed by atoms with E-state index in [0.29, 0.717) is 5.82 Å². The molecule has 12 aromatic rings. The SMILES string of the molecule is Cc1ccccc1.Cc1cccnn1.Cc1ccncc1.Cc1ccncn1.Cc1ccnnc1.Cc1cnccn1.Cc1cncnc1.Cc1cncnn1.Cc1cnncn1.Cc1ncccn1.Cc1nccnn1.Cc1ncncn1. The summed E-state index contributed by atoms with van der Waals surface area (Å²) < 4.78 is 0. The van der Waals surface area contributed by atoms with Crippen LogP contribution in [0, 0.1) is 83.1 Å². The van der Waals surface area contributed by atoms with E-state index < -0.39 is 0 Å². The first kappa shape index (κ1) is 70.9. The first-order valence-corrected chi connectivity index (χ1v) is 25.4. The van der Waals surface area contributed by atoms with Gasteiger partial charge in [-0.15, -0.1) is 15.3 Å². The van der Waals surface area contributed by atoms with Gasteiger partial charge in [0.2, 0.25) is 0 Å². The lowest BCUT2D eigenvalue weighted by atomic mass is 10.2. The summed E-state index contributed by atoms with van der Waals surface area (Å²) in [6.45, 7) is 23.0. The van der Waals surface area contributed by atoms with Crippen molar-refractivity contribution >= 4 is 0 Å². The lowest BCUT2D eigenvalue weighted by molar-refractivity contribution is 0.907. The van der Waals surface area contributed by atoms with E-state index in [-0.39, 0.29) is 0 Å². The Bertz CT molecular complexity index is 2440. The van der Waals surface area contributed by atoms with Gasteiger partial charge in [0, 0.05) is 86.3 Å². The number of aromatic nitrogens is 25. The van der Waals surface area contributed by atoms with Crippen molar-refractivity contribution in [1.82, 2.24) is 126 Å². The van der Waals surface area contributed by atoms with Crippen molar-refractivity contribution in [3.63, 3.8) is 0 Å². The summed E-state index contributed by atoms with van der Waals surface area (Å²) in [4.78, 5) is 56.9. The molecule has 0 atom stereocenters. The van der Waals surface area contributed by atoms with Crippen LogP contribution < -0.4 is 0 Å². The normalized spacial score (nSPS) is 8.71. The highest BCUT2D eigenvalue weighted by molar-refractivity contribution is 5.12. The molecule has 0 aliphatic rings. The zero-order chi connectivity index (χ0) is 61.4. The molecule has 0 spiro atoms. The average molecular weight is 1130 g/mol. The van der Waals surface area contributed by atoms with Crippen LogP contribution in [0.15, 0.2) is 216 Å². The Morgan fingerprint density at radius 3 is 1.06 bits per heavy atom. The second kappa shape index (κ2) is 50.1. The molecule has 11 aromatic heterocycles. The summed E-state index contributed by atoms with van der Waals surface area (Å²) in [6, 6.07) is 23.5. The molecular weight excluding hydrogens is 1060 g/mol. The predicted octanol–water partition coefficient (Wildman–Crippen LogP) is 8.82. The highest BCUT2D eigenvalue weighted by atomic mass is 15.1. The smallest absolute Gasteiger partial charge is 0.147 e. The number of rotatable bonds is 0. The molecule has 12 rings (SSSR count). The summed E-state index contributed by atoms with van der Waals surface area (Å²) in [5.41, 5.74) is 9.51. The Morgan fingerprint density at radius 2 is 0.774 bits per heavy atom. The van der Waals surface area contributed by atoms with Gasteiger partial charge in [0.25, 0.3) is 0 Å². The molecule has 11 heterocycles. The third kappa shape index (κ3) is 48.1. The maximum absolute atomic E-state index is 3.92. The average Bonchev–Trinajstić information content (AvgIpc) is 3.51. The number of nitrogens with zero attached hydrogens (tertiary/aromatic N) is 25. The second-order valence-corrected chi connectivity index (χ2v) is 16.2. The quantitative estimate of drug-likeness (QED) is 0.137. The second-order valence-electron chi connectivity index (χ2n) is 16.2. The van der Waals surface area contributed by atoms with Crippen molar-refractivity contribution in [2.45, 2.75) is 83.1 Å². The van der Waals surface area contributed by atoms with Crippen molar-refractivity contribution in [2.24, 2.45) is 0 Å². The zero-order valence-corrected chi connectivity index (χ0v) is 49.4. The highest BCUT2D eigenvalue weighted by Crippen LogP contribution is 1.93. The van der Waals surface area contributed by atoms with Gasteiger partial charge in [0.05, 0.1) is 47.6 Å². The molecule has 0 saturated carbocycles. The van der Waals surface area contributed by atoms with Crippen molar-refractivity contribution < 1.29 is 0 Å². The molecule has 25 nitrogen and oxygen atoms in total. The largest absolute Gasteiger partial charge is 0.265 e. The predicted molar refractivity (Wildman–Crippen MR) is 319 cm³/mol. The van der Waals surface area contributed by atoms with Gasteiger partial charge in [0.15, 0.2) is 0 Å². The van der Waals surface area contributed by atoms with E-state index in [9.17, 15) is 0 Å². The summed E-state index contributed by atoms with van der Waals surface area (Å²) in [5.74, 6) is 2.29. The number of hydrogen-bond acceptors (Lipinski definition) is 25. The van der Waals surface area contributed by atoms with Gasteiger partial charge in [-0.1, -0.05) is 35.9 Å². The van der Waals surface area contributed by atoms with Crippen LogP contribution in [0.3, 0.4) is 0 Å². The summed E-state index contributed by atoms with van der Waals surface area (Å²) in [5, 5.41) is 36.0. The topological polar surface area (TPSA) is 322 Å². The van der Waals surface area contributed by atoms with Gasteiger partial charge in [-0.25, -0.2) is 59.8 Å². The summed E-state index contributed by atoms with van der Waals surface area (Å²) in [7, 11) is 0. The summed E-state index contributed by atoms with van der Waals surface area (Å²) >= 11 is 0. The maximum atomic E-state index is 3.92. The van der Waals surface area contributed by atoms with Gasteiger partial charge in [-0.05, 0) is 142 Å². The van der Waals surface area contributed by atoms with Crippen molar-refractivity contribution in [1.29, 1.82) is 0 Å². The third-order valence-electron chi connectivity index (χ3n) is 8.47. The van der Waals surface area contributed by atoms with E-state index in [4.69, 9.17) is 0 Å². The van der Waals surface area contributed by atoms with Gasteiger partial charge in [-0.3, -0.25) is 15.0 Å². The molecule has 432 valence electrons. The minimum Gasteiger partial charge on any atom is -0.265 e. The first-order valence-electron chi connectivity index (χ1n) is 25.4. The molecule has 0 unspecified atom stereocenters. The molecule has 0 fully saturated rings. The minimum atomic E-state index is 0.711. The number of benzene rings is 1. The molecule has 0 N–H and O–H groups in total. The summed E-state index contributed by atoms with van der Waals surface area (Å²) in [6.07, 6.45) is 37.7. The standard InChI is InChI=1S/C7H8.C6H7N.6C5H6N2.4C4H5N3/c1-7-5-3-2-4-6-7;1-6-2-4-7-5-3-6;1-5-2-6-4-7-3-5;1-5-4-6-2-3-7-5;1-5-2-3-6-4-7-5;1-5-2-3-6-7-4-5;1-5-6-3-2-4-7-5;1-5-3-2-4-6-7-5;1-4-6-2-5-3-7-4;1-4-2-6-7-3-5-4;1-4-2-5-3-6-7-4;1-4-5-2-3-6-7-4/h2-6H,1H3;2-5H,1H3;6*2-4H,1H3;4*2-3H,1H3. The van der Waals surface area contributed by atoms with Crippen LogP contribution in [-0.4, -0.2) is 126 Å². The van der Waals surface area contributed by atoms with Crippen molar-refractivity contribution in [2.75, 3.05) is 0 Å². The Morgan fingerprint density at radius 1 is 0.202 bits per heavy atom. The van der Waals surface area contributed by atoms with E-state index in [2.05, 4.69) is 145 Å². The fourth-order valence-corrected chi connectivity index (χ4v) is 4.40. The maximum Gasteiger partial charge on any atom is 0.147 e. The number of pyridine rings is 1. The minimum absolute atomic E-state index is 0.711. The molecule has 0 amide bonds. The molecule has 84 heavy (non-hydrogen) atoms. The highest BCUT2D eigenvalue weighted by Gasteiger charge is 1.82. The van der Waals surface area contributed by atoms with Crippen LogP contribution in [0.4, 0.5) is 0 Å². The molecule has 0 aliphatic heterocycles. The fourth-order valence-electron chi connectivity index (χ4n) is 4.40. The molecular formula is C59H71N25. The van der Waals surface area contributed by atoms with Crippen molar-refractivity contribution in [3.05, 3.63) is 284 Å². The Hall–Kier alpha value is -11.1. The van der Waals surface area contributed by atoms with Crippen LogP contribution in [0.2, 0.25) is 0 Å². The van der Waals surface area contributed by atoms with Gasteiger partial charge >= 0.3 is 0 Å². The van der Waals surface area contributed by atoms with E-state index >= 15 is 0 Å². The van der Waals surface area contributed by atoms with Gasteiger partial charge < -0.3 is 0 Å². The first-order chi connectivity index (χ1) is 40.7. The number of hydrogen-bond donors (Lipinski definition) is 0. The molecule has 0 bridgehead atoms. The monoisotopic (exact) mass is 1130 g/mol. The van der Waals surface area contributed by atoms with E-state index in [1.54, 1.807) is 118 Å². The molecule has 25 heteroatoms. The lowest BCUT2D eigenvalue weighted by Crippen LogP contribution is -1.85. The Balaban J connectivity index is 0.000000458. The van der Waals surface area contributed by atoms with E-state index in [0.717, 1.165) is 51.2 Å². The van der Waals surface area contributed by atoms with Gasteiger partial charge in [0.1, 0.15) is 55.4 Å². The van der Waals surface area contributed by atoms with E-state index in [1.165, 1.54) is 49.1 Å². The van der Waals surface area contributed by atoms with Crippen LogP contribution in [0.5, 0.6) is 0 Å². The zero-order valence-electron chi connectivity index (χ0n) is 49.4. The van der Waals surface area contributed by atoms with E-state index in [1.807, 2.05) is 124 Å². The van der Waals surface area contributed by atoms with Crippen LogP contribution in [0.25, 0.3) is 0 Å². The van der Waals surface area contributed by atoms with Crippen LogP contribution >= 0.6 is 0 Å². The molecule has 0 saturated heterocycles. The third-order valence-corrected chi connectivity index (χ3v) is 8.47. The van der Waals surface area contributed by atoms with Crippen LogP contribution in [-0.2, 0) is 0 Å². The Kier molecular flexibility index (Phi) is 42.3. The van der Waals surface area contributed by atoms with Gasteiger partial charge in [-0.2, -0.15) is 35.7 Å².